The highest BCUT2D eigenvalue weighted by molar-refractivity contribution is 6.35. The van der Waals surface area contributed by atoms with E-state index in [-0.39, 0.29) is 0 Å². The van der Waals surface area contributed by atoms with Gasteiger partial charge < -0.3 is 14.4 Å². The van der Waals surface area contributed by atoms with Crippen LogP contribution in [0.2, 0.25) is 0 Å². The summed E-state index contributed by atoms with van der Waals surface area (Å²) in [5.41, 5.74) is 2.95. The quantitative estimate of drug-likeness (QED) is 0.369. The van der Waals surface area contributed by atoms with Crippen molar-refractivity contribution in [1.82, 2.24) is 10.3 Å². The zero-order chi connectivity index (χ0) is 17.4. The number of carbonyl (C=O) groups is 2. The van der Waals surface area contributed by atoms with Gasteiger partial charge in [0.2, 0.25) is 0 Å². The number of likely N-dealkylation sites (tertiary alicyclic amines) is 1. The Morgan fingerprint density at radius 2 is 2.08 bits per heavy atom. The van der Waals surface area contributed by atoms with E-state index in [1.54, 1.807) is 24.3 Å². The maximum absolute atomic E-state index is 11.8. The van der Waals surface area contributed by atoms with Crippen LogP contribution in [0.25, 0.3) is 0 Å². The minimum atomic E-state index is -0.731. The Morgan fingerprint density at radius 1 is 1.33 bits per heavy atom. The zero-order valence-electron chi connectivity index (χ0n) is 13.7. The van der Waals surface area contributed by atoms with Crippen LogP contribution in [0.15, 0.2) is 36.0 Å². The highest BCUT2D eigenvalue weighted by Gasteiger charge is 2.23. The lowest BCUT2D eigenvalue weighted by Gasteiger charge is -2.12. The van der Waals surface area contributed by atoms with Gasteiger partial charge in [-0.2, -0.15) is 5.10 Å². The SMILES string of the molecule is C=CCOc1ccc(/C=N/NC(=O)C(=O)N2CCCC2)cc1OC. The standard InChI is InChI=1S/C17H21N3O4/c1-3-10-24-14-7-6-13(11-15(14)23-2)12-18-19-16(21)17(22)20-8-4-5-9-20/h3,6-7,11-12H,1,4-5,8-10H2,2H3,(H,19,21)/b18-12+. The monoisotopic (exact) mass is 331 g/mol. The molecule has 1 fully saturated rings. The predicted octanol–water partition coefficient (Wildman–Crippen LogP) is 1.33. The molecule has 0 aromatic heterocycles. The number of methoxy groups -OCH3 is 1. The lowest BCUT2D eigenvalue weighted by Crippen LogP contribution is -2.39. The minimum absolute atomic E-state index is 0.373. The van der Waals surface area contributed by atoms with Crippen LogP contribution in [-0.2, 0) is 9.59 Å². The number of ether oxygens (including phenoxy) is 2. The summed E-state index contributed by atoms with van der Waals surface area (Å²) >= 11 is 0. The second-order valence-corrected chi connectivity index (χ2v) is 5.21. The maximum atomic E-state index is 11.8. The number of rotatable bonds is 6. The molecule has 0 saturated carbocycles. The molecule has 1 aliphatic heterocycles. The second-order valence-electron chi connectivity index (χ2n) is 5.21. The van der Waals surface area contributed by atoms with Crippen molar-refractivity contribution in [3.63, 3.8) is 0 Å². The largest absolute Gasteiger partial charge is 0.493 e. The summed E-state index contributed by atoms with van der Waals surface area (Å²) in [6.45, 7) is 5.21. The van der Waals surface area contributed by atoms with Crippen molar-refractivity contribution in [3.8, 4) is 11.5 Å². The zero-order valence-corrected chi connectivity index (χ0v) is 13.7. The molecular formula is C17H21N3O4. The Bertz CT molecular complexity index is 637. The number of benzene rings is 1. The van der Waals surface area contributed by atoms with E-state index in [1.807, 2.05) is 0 Å². The highest BCUT2D eigenvalue weighted by atomic mass is 16.5. The van der Waals surface area contributed by atoms with Gasteiger partial charge in [0, 0.05) is 13.1 Å². The van der Waals surface area contributed by atoms with Crippen LogP contribution >= 0.6 is 0 Å². The lowest BCUT2D eigenvalue weighted by molar-refractivity contribution is -0.145. The van der Waals surface area contributed by atoms with Crippen LogP contribution in [0.5, 0.6) is 11.5 Å². The van der Waals surface area contributed by atoms with Gasteiger partial charge >= 0.3 is 11.8 Å². The molecule has 7 nitrogen and oxygen atoms in total. The van der Waals surface area contributed by atoms with E-state index in [0.29, 0.717) is 36.8 Å². The summed E-state index contributed by atoms with van der Waals surface area (Å²) in [5.74, 6) is -0.149. The summed E-state index contributed by atoms with van der Waals surface area (Å²) in [6, 6.07) is 5.22. The molecule has 1 aromatic rings. The molecule has 2 rings (SSSR count). The predicted molar refractivity (Wildman–Crippen MR) is 90.2 cm³/mol. The Morgan fingerprint density at radius 3 is 2.75 bits per heavy atom. The molecule has 0 atom stereocenters. The molecule has 1 aromatic carbocycles. The summed E-state index contributed by atoms with van der Waals surface area (Å²) < 4.78 is 10.7. The molecule has 1 heterocycles. The van der Waals surface area contributed by atoms with E-state index in [2.05, 4.69) is 17.1 Å². The van der Waals surface area contributed by atoms with Gasteiger partial charge in [-0.3, -0.25) is 9.59 Å². The van der Waals surface area contributed by atoms with Crippen LogP contribution in [0.1, 0.15) is 18.4 Å². The van der Waals surface area contributed by atoms with Crippen molar-refractivity contribution >= 4 is 18.0 Å². The Kier molecular flexibility index (Phi) is 6.36. The van der Waals surface area contributed by atoms with Gasteiger partial charge in [0.25, 0.3) is 0 Å². The number of nitrogens with one attached hydrogen (secondary N) is 1. The van der Waals surface area contributed by atoms with Crippen LogP contribution in [0.3, 0.4) is 0 Å². The van der Waals surface area contributed by atoms with Gasteiger partial charge in [-0.25, -0.2) is 5.43 Å². The fourth-order valence-electron chi connectivity index (χ4n) is 2.31. The fourth-order valence-corrected chi connectivity index (χ4v) is 2.31. The average Bonchev–Trinajstić information content (AvgIpc) is 3.14. The third-order valence-electron chi connectivity index (χ3n) is 3.51. The molecule has 0 unspecified atom stereocenters. The van der Waals surface area contributed by atoms with Crippen LogP contribution < -0.4 is 14.9 Å². The number of carbonyl (C=O) groups excluding carboxylic acids is 2. The van der Waals surface area contributed by atoms with Gasteiger partial charge in [-0.05, 0) is 36.6 Å². The first kappa shape index (κ1) is 17.5. The number of hydrogen-bond donors (Lipinski definition) is 1. The van der Waals surface area contributed by atoms with E-state index in [1.165, 1.54) is 18.2 Å². The summed E-state index contributed by atoms with van der Waals surface area (Å²) in [6.07, 6.45) is 4.95. The summed E-state index contributed by atoms with van der Waals surface area (Å²) in [5, 5.41) is 3.82. The third-order valence-corrected chi connectivity index (χ3v) is 3.51. The van der Waals surface area contributed by atoms with Crippen molar-refractivity contribution in [2.75, 3.05) is 26.8 Å². The number of nitrogens with zero attached hydrogens (tertiary/aromatic N) is 2. The van der Waals surface area contributed by atoms with Gasteiger partial charge in [0.15, 0.2) is 11.5 Å². The first-order chi connectivity index (χ1) is 11.7. The molecule has 0 bridgehead atoms. The topological polar surface area (TPSA) is 80.2 Å². The summed E-state index contributed by atoms with van der Waals surface area (Å²) in [4.78, 5) is 25.1. The smallest absolute Gasteiger partial charge is 0.329 e. The number of hydrazone groups is 1. The highest BCUT2D eigenvalue weighted by Crippen LogP contribution is 2.27. The fraction of sp³-hybridized carbons (Fsp3) is 0.353. The number of amides is 2. The molecule has 1 aliphatic rings. The Hall–Kier alpha value is -2.83. The van der Waals surface area contributed by atoms with Crippen LogP contribution in [0, 0.1) is 0 Å². The first-order valence-corrected chi connectivity index (χ1v) is 7.69. The lowest BCUT2D eigenvalue weighted by atomic mass is 10.2. The molecule has 1 N–H and O–H groups in total. The van der Waals surface area contributed by atoms with Crippen molar-refractivity contribution < 1.29 is 19.1 Å². The van der Waals surface area contributed by atoms with E-state index < -0.39 is 11.8 Å². The van der Waals surface area contributed by atoms with Crippen LogP contribution in [0.4, 0.5) is 0 Å². The normalized spacial score (nSPS) is 13.8. The van der Waals surface area contributed by atoms with Crippen molar-refractivity contribution in [1.29, 1.82) is 0 Å². The van der Waals surface area contributed by atoms with Gasteiger partial charge in [0.05, 0.1) is 13.3 Å². The second kappa shape index (κ2) is 8.71. The molecule has 0 radical (unpaired) electrons. The molecule has 24 heavy (non-hydrogen) atoms. The van der Waals surface area contributed by atoms with Gasteiger partial charge in [-0.15, -0.1) is 0 Å². The van der Waals surface area contributed by atoms with E-state index in [0.717, 1.165) is 12.8 Å². The molecular weight excluding hydrogens is 310 g/mol. The van der Waals surface area contributed by atoms with Crippen LogP contribution in [-0.4, -0.2) is 49.7 Å². The molecule has 0 spiro atoms. The molecule has 128 valence electrons. The van der Waals surface area contributed by atoms with E-state index in [9.17, 15) is 9.59 Å². The summed E-state index contributed by atoms with van der Waals surface area (Å²) in [7, 11) is 1.54. The third kappa shape index (κ3) is 4.58. The Labute approximate surface area is 140 Å². The van der Waals surface area contributed by atoms with Gasteiger partial charge in [-0.1, -0.05) is 12.7 Å². The van der Waals surface area contributed by atoms with Crippen molar-refractivity contribution in [2.24, 2.45) is 5.10 Å². The van der Waals surface area contributed by atoms with E-state index >= 15 is 0 Å². The minimum Gasteiger partial charge on any atom is -0.493 e. The van der Waals surface area contributed by atoms with E-state index in [4.69, 9.17) is 9.47 Å². The van der Waals surface area contributed by atoms with Gasteiger partial charge in [0.1, 0.15) is 6.61 Å². The molecule has 1 saturated heterocycles. The molecule has 7 heteroatoms. The molecule has 0 aliphatic carbocycles. The Balaban J connectivity index is 1.94. The molecule has 2 amide bonds. The maximum Gasteiger partial charge on any atom is 0.329 e. The van der Waals surface area contributed by atoms with Crippen molar-refractivity contribution in [3.05, 3.63) is 36.4 Å². The van der Waals surface area contributed by atoms with Crippen molar-refractivity contribution in [2.45, 2.75) is 12.8 Å². The number of hydrogen-bond acceptors (Lipinski definition) is 5. The first-order valence-electron chi connectivity index (χ1n) is 7.69. The average molecular weight is 331 g/mol.